The highest BCUT2D eigenvalue weighted by molar-refractivity contribution is 7.88. The molecule has 0 N–H and O–H groups in total. The Morgan fingerprint density at radius 2 is 2.31 bits per heavy atom. The lowest BCUT2D eigenvalue weighted by Crippen LogP contribution is -2.24. The standard InChI is InChI=1S/C6H9ClN2O2S2/c1-9(13(2,10)11)4-6-8-3-5(7)12-6/h3H,4H2,1-2H3. The van der Waals surface area contributed by atoms with Crippen molar-refractivity contribution in [1.82, 2.24) is 9.29 Å². The van der Waals surface area contributed by atoms with Crippen molar-refractivity contribution in [2.24, 2.45) is 0 Å². The van der Waals surface area contributed by atoms with Crippen molar-refractivity contribution in [1.29, 1.82) is 0 Å². The van der Waals surface area contributed by atoms with E-state index in [2.05, 4.69) is 4.98 Å². The van der Waals surface area contributed by atoms with Gasteiger partial charge in [-0.2, -0.15) is 4.31 Å². The normalized spacial score (nSPS) is 12.3. The molecular weight excluding hydrogens is 232 g/mol. The third-order valence-electron chi connectivity index (χ3n) is 1.45. The van der Waals surface area contributed by atoms with Crippen LogP contribution in [-0.4, -0.2) is 31.0 Å². The molecule has 13 heavy (non-hydrogen) atoms. The summed E-state index contributed by atoms with van der Waals surface area (Å²) in [7, 11) is -1.63. The molecule has 7 heteroatoms. The van der Waals surface area contributed by atoms with E-state index < -0.39 is 10.0 Å². The van der Waals surface area contributed by atoms with Gasteiger partial charge in [-0.15, -0.1) is 11.3 Å². The van der Waals surface area contributed by atoms with Crippen LogP contribution in [0.4, 0.5) is 0 Å². The first kappa shape index (κ1) is 10.9. The quantitative estimate of drug-likeness (QED) is 0.798. The number of aromatic nitrogens is 1. The third-order valence-corrected chi connectivity index (χ3v) is 3.81. The largest absolute Gasteiger partial charge is 0.247 e. The summed E-state index contributed by atoms with van der Waals surface area (Å²) in [6.07, 6.45) is 2.67. The van der Waals surface area contributed by atoms with Gasteiger partial charge in [-0.1, -0.05) is 11.6 Å². The molecule has 0 aromatic carbocycles. The average molecular weight is 241 g/mol. The smallest absolute Gasteiger partial charge is 0.211 e. The summed E-state index contributed by atoms with van der Waals surface area (Å²) in [6, 6.07) is 0. The van der Waals surface area contributed by atoms with E-state index in [1.54, 1.807) is 0 Å². The second-order valence-electron chi connectivity index (χ2n) is 2.58. The maximum absolute atomic E-state index is 11.0. The molecule has 0 amide bonds. The molecule has 1 heterocycles. The van der Waals surface area contributed by atoms with E-state index in [0.29, 0.717) is 9.34 Å². The van der Waals surface area contributed by atoms with Crippen molar-refractivity contribution in [3.63, 3.8) is 0 Å². The van der Waals surface area contributed by atoms with Crippen LogP contribution in [-0.2, 0) is 16.6 Å². The summed E-state index contributed by atoms with van der Waals surface area (Å²) in [5.41, 5.74) is 0. The highest BCUT2D eigenvalue weighted by Gasteiger charge is 2.12. The molecule has 0 aliphatic carbocycles. The minimum atomic E-state index is -3.13. The first-order valence-corrected chi connectivity index (χ1v) is 6.45. The van der Waals surface area contributed by atoms with E-state index in [4.69, 9.17) is 11.6 Å². The lowest BCUT2D eigenvalue weighted by atomic mass is 10.7. The predicted octanol–water partition coefficient (Wildman–Crippen LogP) is 1.19. The zero-order valence-corrected chi connectivity index (χ0v) is 9.58. The first-order chi connectivity index (χ1) is 5.89. The molecule has 0 radical (unpaired) electrons. The van der Waals surface area contributed by atoms with Gasteiger partial charge >= 0.3 is 0 Å². The van der Waals surface area contributed by atoms with E-state index in [9.17, 15) is 8.42 Å². The number of thiazole rings is 1. The van der Waals surface area contributed by atoms with E-state index in [0.717, 1.165) is 6.26 Å². The molecule has 0 fully saturated rings. The van der Waals surface area contributed by atoms with Crippen LogP contribution >= 0.6 is 22.9 Å². The van der Waals surface area contributed by atoms with E-state index >= 15 is 0 Å². The Morgan fingerprint density at radius 1 is 1.69 bits per heavy atom. The van der Waals surface area contributed by atoms with Gasteiger partial charge in [0.25, 0.3) is 0 Å². The van der Waals surface area contributed by atoms with Crippen molar-refractivity contribution in [3.05, 3.63) is 15.5 Å². The van der Waals surface area contributed by atoms with Crippen LogP contribution in [0.5, 0.6) is 0 Å². The lowest BCUT2D eigenvalue weighted by molar-refractivity contribution is 0.471. The Kier molecular flexibility index (Phi) is 3.28. The van der Waals surface area contributed by atoms with Gasteiger partial charge in [0.15, 0.2) is 0 Å². The molecule has 0 unspecified atom stereocenters. The van der Waals surface area contributed by atoms with Gasteiger partial charge in [-0.3, -0.25) is 0 Å². The van der Waals surface area contributed by atoms with Gasteiger partial charge in [0.05, 0.1) is 19.0 Å². The molecule has 4 nitrogen and oxygen atoms in total. The highest BCUT2D eigenvalue weighted by atomic mass is 35.5. The summed E-state index contributed by atoms with van der Waals surface area (Å²) in [5.74, 6) is 0. The van der Waals surface area contributed by atoms with Crippen LogP contribution in [0, 0.1) is 0 Å². The monoisotopic (exact) mass is 240 g/mol. The van der Waals surface area contributed by atoms with Crippen molar-refractivity contribution in [2.45, 2.75) is 6.54 Å². The Hall–Kier alpha value is -0.170. The maximum atomic E-state index is 11.0. The van der Waals surface area contributed by atoms with E-state index in [1.807, 2.05) is 0 Å². The Labute approximate surface area is 86.2 Å². The van der Waals surface area contributed by atoms with Crippen LogP contribution in [0.1, 0.15) is 5.01 Å². The number of halogens is 1. The van der Waals surface area contributed by atoms with Crippen LogP contribution in [0.25, 0.3) is 0 Å². The second-order valence-corrected chi connectivity index (χ2v) is 6.41. The molecule has 1 aromatic rings. The van der Waals surface area contributed by atoms with Crippen molar-refractivity contribution in [3.8, 4) is 0 Å². The van der Waals surface area contributed by atoms with Crippen LogP contribution in [0.2, 0.25) is 4.34 Å². The summed E-state index contributed by atoms with van der Waals surface area (Å²) in [6.45, 7) is 0.274. The number of nitrogens with zero attached hydrogens (tertiary/aromatic N) is 2. The minimum Gasteiger partial charge on any atom is -0.247 e. The van der Waals surface area contributed by atoms with Gasteiger partial charge in [-0.05, 0) is 0 Å². The topological polar surface area (TPSA) is 50.3 Å². The number of hydrogen-bond donors (Lipinski definition) is 0. The molecule has 0 aliphatic rings. The molecule has 0 saturated carbocycles. The summed E-state index contributed by atoms with van der Waals surface area (Å²) in [4.78, 5) is 3.95. The highest BCUT2D eigenvalue weighted by Crippen LogP contribution is 2.19. The lowest BCUT2D eigenvalue weighted by Gasteiger charge is -2.11. The van der Waals surface area contributed by atoms with Gasteiger partial charge in [0, 0.05) is 7.05 Å². The van der Waals surface area contributed by atoms with Gasteiger partial charge in [-0.25, -0.2) is 13.4 Å². The first-order valence-electron chi connectivity index (χ1n) is 3.41. The van der Waals surface area contributed by atoms with Crippen molar-refractivity contribution >= 4 is 33.0 Å². The Morgan fingerprint density at radius 3 is 2.69 bits per heavy atom. The molecule has 1 rings (SSSR count). The van der Waals surface area contributed by atoms with Gasteiger partial charge < -0.3 is 0 Å². The fourth-order valence-electron chi connectivity index (χ4n) is 0.669. The fourth-order valence-corrected chi connectivity index (χ4v) is 2.12. The number of rotatable bonds is 3. The van der Waals surface area contributed by atoms with Crippen molar-refractivity contribution < 1.29 is 8.42 Å². The SMILES string of the molecule is CN(Cc1ncc(Cl)s1)S(C)(=O)=O. The summed E-state index contributed by atoms with van der Waals surface area (Å²) < 4.78 is 23.8. The van der Waals surface area contributed by atoms with Crippen LogP contribution in [0.15, 0.2) is 6.20 Å². The molecule has 0 aliphatic heterocycles. The average Bonchev–Trinajstić information content (AvgIpc) is 2.33. The van der Waals surface area contributed by atoms with Crippen LogP contribution < -0.4 is 0 Å². The molecule has 0 spiro atoms. The maximum Gasteiger partial charge on any atom is 0.211 e. The van der Waals surface area contributed by atoms with Crippen LogP contribution in [0.3, 0.4) is 0 Å². The zero-order chi connectivity index (χ0) is 10.1. The van der Waals surface area contributed by atoms with Gasteiger partial charge in [0.1, 0.15) is 9.34 Å². The molecule has 0 saturated heterocycles. The summed E-state index contributed by atoms with van der Waals surface area (Å²) >= 11 is 6.93. The molecular formula is C6H9ClN2O2S2. The third kappa shape index (κ3) is 3.22. The predicted molar refractivity (Wildman–Crippen MR) is 53.4 cm³/mol. The second kappa shape index (κ2) is 3.91. The molecule has 0 bridgehead atoms. The molecule has 74 valence electrons. The fraction of sp³-hybridized carbons (Fsp3) is 0.500. The van der Waals surface area contributed by atoms with E-state index in [1.165, 1.54) is 28.9 Å². The molecule has 1 aromatic heterocycles. The summed E-state index contributed by atoms with van der Waals surface area (Å²) in [5, 5.41) is 0.693. The number of hydrogen-bond acceptors (Lipinski definition) is 4. The van der Waals surface area contributed by atoms with Crippen molar-refractivity contribution in [2.75, 3.05) is 13.3 Å². The van der Waals surface area contributed by atoms with E-state index in [-0.39, 0.29) is 6.54 Å². The Bertz CT molecular complexity index is 387. The molecule has 0 atom stereocenters. The van der Waals surface area contributed by atoms with Gasteiger partial charge in [0.2, 0.25) is 10.0 Å². The Balaban J connectivity index is 2.71. The minimum absolute atomic E-state index is 0.274. The number of sulfonamides is 1. The zero-order valence-electron chi connectivity index (χ0n) is 7.19.